The minimum Gasteiger partial charge on any atom is -0.371 e. The molecule has 0 aromatic heterocycles. The van der Waals surface area contributed by atoms with Gasteiger partial charge in [-0.15, -0.1) is 0 Å². The van der Waals surface area contributed by atoms with Crippen molar-refractivity contribution in [3.63, 3.8) is 0 Å². The average molecular weight is 260 g/mol. The second kappa shape index (κ2) is 6.36. The summed E-state index contributed by atoms with van der Waals surface area (Å²) in [6.45, 7) is 4.19. The summed E-state index contributed by atoms with van der Waals surface area (Å²) in [6.07, 6.45) is 3.01. The van der Waals surface area contributed by atoms with Crippen LogP contribution in [0.15, 0.2) is 24.3 Å². The number of nitrogens with zero attached hydrogens (tertiary/aromatic N) is 1. The van der Waals surface area contributed by atoms with Crippen LogP contribution in [0.1, 0.15) is 30.1 Å². The molecule has 1 amide bonds. The molecule has 1 aliphatic rings. The molecular formula is C15H20N2O2. The topological polar surface area (TPSA) is 49.4 Å². The number of amides is 1. The van der Waals surface area contributed by atoms with Crippen LogP contribution in [-0.2, 0) is 4.79 Å². The molecule has 0 saturated carbocycles. The summed E-state index contributed by atoms with van der Waals surface area (Å²) in [5, 5.41) is 2.88. The van der Waals surface area contributed by atoms with E-state index in [2.05, 4.69) is 10.2 Å². The number of carbonyl (C=O) groups is 2. The van der Waals surface area contributed by atoms with Gasteiger partial charge in [0.15, 0.2) is 6.29 Å². The minimum atomic E-state index is 0.0359. The van der Waals surface area contributed by atoms with Gasteiger partial charge in [-0.25, -0.2) is 0 Å². The predicted molar refractivity (Wildman–Crippen MR) is 75.5 cm³/mol. The molecule has 1 heterocycles. The molecular weight excluding hydrogens is 240 g/mol. The van der Waals surface area contributed by atoms with E-state index in [0.717, 1.165) is 50.0 Å². The highest BCUT2D eigenvalue weighted by Crippen LogP contribution is 2.25. The van der Waals surface area contributed by atoms with Crippen LogP contribution in [0, 0.1) is 5.92 Å². The van der Waals surface area contributed by atoms with Crippen LogP contribution in [0.25, 0.3) is 0 Å². The number of nitrogens with one attached hydrogen (secondary N) is 1. The van der Waals surface area contributed by atoms with Crippen molar-refractivity contribution in [3.8, 4) is 0 Å². The lowest BCUT2D eigenvalue weighted by Gasteiger charge is -2.34. The molecule has 1 aliphatic heterocycles. The Balaban J connectivity index is 1.92. The molecule has 0 radical (unpaired) electrons. The van der Waals surface area contributed by atoms with Gasteiger partial charge in [-0.2, -0.15) is 0 Å². The Labute approximate surface area is 113 Å². The molecule has 0 unspecified atom stereocenters. The van der Waals surface area contributed by atoms with Gasteiger partial charge in [-0.05, 0) is 30.9 Å². The second-order valence-electron chi connectivity index (χ2n) is 5.04. The third kappa shape index (κ3) is 3.56. The van der Waals surface area contributed by atoms with E-state index in [0.29, 0.717) is 5.92 Å². The molecule has 0 spiro atoms. The van der Waals surface area contributed by atoms with Crippen molar-refractivity contribution < 1.29 is 9.59 Å². The third-order valence-corrected chi connectivity index (χ3v) is 3.66. The van der Waals surface area contributed by atoms with Gasteiger partial charge in [0.1, 0.15) is 0 Å². The molecule has 2 rings (SSSR count). The molecule has 102 valence electrons. The lowest BCUT2D eigenvalue weighted by atomic mass is 9.96. The normalized spacial score (nSPS) is 16.2. The Kier molecular flexibility index (Phi) is 4.55. The molecule has 0 aliphatic carbocycles. The Morgan fingerprint density at radius 2 is 2.05 bits per heavy atom. The van der Waals surface area contributed by atoms with Crippen molar-refractivity contribution >= 4 is 17.9 Å². The number of rotatable bonds is 4. The van der Waals surface area contributed by atoms with E-state index in [-0.39, 0.29) is 5.91 Å². The molecule has 0 atom stereocenters. The summed E-state index contributed by atoms with van der Waals surface area (Å²) < 4.78 is 0. The zero-order valence-corrected chi connectivity index (χ0v) is 11.3. The number of anilines is 1. The van der Waals surface area contributed by atoms with E-state index < -0.39 is 0 Å². The summed E-state index contributed by atoms with van der Waals surface area (Å²) in [5.41, 5.74) is 1.78. The van der Waals surface area contributed by atoms with Gasteiger partial charge in [0, 0.05) is 37.8 Å². The zero-order valence-electron chi connectivity index (χ0n) is 11.3. The summed E-state index contributed by atoms with van der Waals surface area (Å²) in [4.78, 5) is 24.2. The van der Waals surface area contributed by atoms with E-state index >= 15 is 0 Å². The van der Waals surface area contributed by atoms with Crippen molar-refractivity contribution in [3.05, 3.63) is 29.8 Å². The van der Waals surface area contributed by atoms with Crippen molar-refractivity contribution in [2.75, 3.05) is 24.5 Å². The molecule has 1 aromatic rings. The first kappa shape index (κ1) is 13.6. The maximum Gasteiger partial charge on any atom is 0.216 e. The standard InChI is InChI=1S/C15H20N2O2/c1-12(19)16-10-13-6-8-17(9-7-13)15-5-3-2-4-14(15)11-18/h2-5,11,13H,6-10H2,1H3,(H,16,19). The van der Waals surface area contributed by atoms with Crippen LogP contribution >= 0.6 is 0 Å². The first-order valence-electron chi connectivity index (χ1n) is 6.74. The summed E-state index contributed by atoms with van der Waals surface area (Å²) in [7, 11) is 0. The Hall–Kier alpha value is -1.84. The van der Waals surface area contributed by atoms with Gasteiger partial charge in [-0.3, -0.25) is 9.59 Å². The molecule has 1 saturated heterocycles. The first-order valence-corrected chi connectivity index (χ1v) is 6.74. The fraction of sp³-hybridized carbons (Fsp3) is 0.467. The van der Waals surface area contributed by atoms with Gasteiger partial charge in [-0.1, -0.05) is 12.1 Å². The van der Waals surface area contributed by atoms with Crippen molar-refractivity contribution in [1.82, 2.24) is 5.32 Å². The van der Waals surface area contributed by atoms with Gasteiger partial charge < -0.3 is 10.2 Å². The van der Waals surface area contributed by atoms with Crippen LogP contribution in [0.5, 0.6) is 0 Å². The van der Waals surface area contributed by atoms with E-state index in [1.54, 1.807) is 6.92 Å². The monoisotopic (exact) mass is 260 g/mol. The molecule has 4 heteroatoms. The van der Waals surface area contributed by atoms with E-state index in [9.17, 15) is 9.59 Å². The highest BCUT2D eigenvalue weighted by atomic mass is 16.1. The maximum atomic E-state index is 11.0. The minimum absolute atomic E-state index is 0.0359. The lowest BCUT2D eigenvalue weighted by molar-refractivity contribution is -0.119. The van der Waals surface area contributed by atoms with Crippen LogP contribution in [0.2, 0.25) is 0 Å². The number of hydrogen-bond acceptors (Lipinski definition) is 3. The third-order valence-electron chi connectivity index (χ3n) is 3.66. The number of piperidine rings is 1. The molecule has 1 aromatic carbocycles. The largest absolute Gasteiger partial charge is 0.371 e. The fourth-order valence-electron chi connectivity index (χ4n) is 2.54. The maximum absolute atomic E-state index is 11.0. The SMILES string of the molecule is CC(=O)NCC1CCN(c2ccccc2C=O)CC1. The second-order valence-corrected chi connectivity index (χ2v) is 5.04. The van der Waals surface area contributed by atoms with Gasteiger partial charge in [0.25, 0.3) is 0 Å². The number of carbonyl (C=O) groups excluding carboxylic acids is 2. The first-order chi connectivity index (χ1) is 9.20. The van der Waals surface area contributed by atoms with Crippen LogP contribution in [0.3, 0.4) is 0 Å². The van der Waals surface area contributed by atoms with Gasteiger partial charge in [0.2, 0.25) is 5.91 Å². The molecule has 0 bridgehead atoms. The molecule has 19 heavy (non-hydrogen) atoms. The number of para-hydroxylation sites is 1. The fourth-order valence-corrected chi connectivity index (χ4v) is 2.54. The van der Waals surface area contributed by atoms with Crippen molar-refractivity contribution in [2.24, 2.45) is 5.92 Å². The highest BCUT2D eigenvalue weighted by molar-refractivity contribution is 5.84. The lowest BCUT2D eigenvalue weighted by Crippen LogP contribution is -2.38. The average Bonchev–Trinajstić information content (AvgIpc) is 2.45. The Morgan fingerprint density at radius 1 is 1.37 bits per heavy atom. The number of aldehydes is 1. The van der Waals surface area contributed by atoms with Crippen molar-refractivity contribution in [2.45, 2.75) is 19.8 Å². The summed E-state index contributed by atoms with van der Waals surface area (Å²) >= 11 is 0. The Bertz CT molecular complexity index is 451. The predicted octanol–water partition coefficient (Wildman–Crippen LogP) is 1.85. The summed E-state index contributed by atoms with van der Waals surface area (Å²) in [5.74, 6) is 0.581. The van der Waals surface area contributed by atoms with Crippen LogP contribution < -0.4 is 10.2 Å². The van der Waals surface area contributed by atoms with Crippen molar-refractivity contribution in [1.29, 1.82) is 0 Å². The molecule has 1 fully saturated rings. The van der Waals surface area contributed by atoms with E-state index in [4.69, 9.17) is 0 Å². The number of hydrogen-bond donors (Lipinski definition) is 1. The highest BCUT2D eigenvalue weighted by Gasteiger charge is 2.20. The van der Waals surface area contributed by atoms with E-state index in [1.807, 2.05) is 24.3 Å². The smallest absolute Gasteiger partial charge is 0.216 e. The van der Waals surface area contributed by atoms with Gasteiger partial charge in [0.05, 0.1) is 0 Å². The van der Waals surface area contributed by atoms with E-state index in [1.165, 1.54) is 0 Å². The molecule has 1 N–H and O–H groups in total. The van der Waals surface area contributed by atoms with Crippen LogP contribution in [-0.4, -0.2) is 31.8 Å². The quantitative estimate of drug-likeness (QED) is 0.841. The Morgan fingerprint density at radius 3 is 2.68 bits per heavy atom. The van der Waals surface area contributed by atoms with Gasteiger partial charge >= 0.3 is 0 Å². The van der Waals surface area contributed by atoms with Crippen LogP contribution in [0.4, 0.5) is 5.69 Å². The zero-order chi connectivity index (χ0) is 13.7. The summed E-state index contributed by atoms with van der Waals surface area (Å²) in [6, 6.07) is 7.70. The number of benzene rings is 1. The molecule has 4 nitrogen and oxygen atoms in total.